The molecule has 0 saturated heterocycles. The molecule has 0 amide bonds. The first-order valence-corrected chi connectivity index (χ1v) is 7.24. The van der Waals surface area contributed by atoms with E-state index in [0.717, 1.165) is 30.3 Å². The van der Waals surface area contributed by atoms with Crippen LogP contribution in [-0.2, 0) is 0 Å². The van der Waals surface area contributed by atoms with E-state index in [9.17, 15) is 0 Å². The lowest BCUT2D eigenvalue weighted by Gasteiger charge is -2.18. The summed E-state index contributed by atoms with van der Waals surface area (Å²) in [5, 5.41) is 3.81. The van der Waals surface area contributed by atoms with E-state index >= 15 is 0 Å². The molecule has 0 spiro atoms. The Bertz CT molecular complexity index is 185. The predicted octanol–water partition coefficient (Wildman–Crippen LogP) is 2.53. The van der Waals surface area contributed by atoms with Gasteiger partial charge in [0.15, 0.2) is 0 Å². The van der Waals surface area contributed by atoms with E-state index in [1.807, 2.05) is 0 Å². The van der Waals surface area contributed by atoms with Crippen molar-refractivity contribution in [3.8, 4) is 0 Å². The Hall–Kier alpha value is -0.0800. The fourth-order valence-electron chi connectivity index (χ4n) is 2.78. The van der Waals surface area contributed by atoms with E-state index < -0.39 is 0 Å². The molecular weight excluding hydrogens is 196 g/mol. The largest absolute Gasteiger partial charge is 0.330 e. The van der Waals surface area contributed by atoms with Crippen molar-refractivity contribution in [2.45, 2.75) is 57.9 Å². The van der Waals surface area contributed by atoms with Crippen LogP contribution in [0.1, 0.15) is 51.9 Å². The van der Waals surface area contributed by atoms with Crippen molar-refractivity contribution >= 4 is 0 Å². The second-order valence-electron chi connectivity index (χ2n) is 5.98. The van der Waals surface area contributed by atoms with Crippen molar-refractivity contribution in [2.24, 2.45) is 23.5 Å². The highest BCUT2D eigenvalue weighted by molar-refractivity contribution is 4.96. The van der Waals surface area contributed by atoms with Gasteiger partial charge in [-0.15, -0.1) is 0 Å². The number of nitrogens with one attached hydrogen (secondary N) is 1. The van der Waals surface area contributed by atoms with Gasteiger partial charge in [-0.1, -0.05) is 6.92 Å². The average molecular weight is 224 g/mol. The van der Waals surface area contributed by atoms with Crippen LogP contribution in [0.4, 0.5) is 0 Å². The Balaban J connectivity index is 1.52. The van der Waals surface area contributed by atoms with Crippen LogP contribution in [-0.4, -0.2) is 19.1 Å². The van der Waals surface area contributed by atoms with E-state index in [-0.39, 0.29) is 0 Å². The molecule has 3 N–H and O–H groups in total. The van der Waals surface area contributed by atoms with Gasteiger partial charge in [0.25, 0.3) is 0 Å². The number of rotatable bonds is 9. The van der Waals surface area contributed by atoms with Crippen LogP contribution >= 0.6 is 0 Å². The van der Waals surface area contributed by atoms with Crippen molar-refractivity contribution < 1.29 is 0 Å². The van der Waals surface area contributed by atoms with Gasteiger partial charge in [-0.3, -0.25) is 0 Å². The van der Waals surface area contributed by atoms with Gasteiger partial charge in [0.2, 0.25) is 0 Å². The Labute approximate surface area is 100 Å². The average Bonchev–Trinajstić information content (AvgIpc) is 3.12. The van der Waals surface area contributed by atoms with Crippen LogP contribution in [0.3, 0.4) is 0 Å². The van der Waals surface area contributed by atoms with Crippen LogP contribution < -0.4 is 11.1 Å². The van der Waals surface area contributed by atoms with Crippen LogP contribution in [0.5, 0.6) is 0 Å². The normalized spacial score (nSPS) is 22.7. The standard InChI is InChI=1S/C14H28N2/c1-11(8-9-15)3-2-10-16-14(12-4-5-12)13-6-7-13/h11-14,16H,2-10,15H2,1H3. The Morgan fingerprint density at radius 2 is 1.75 bits per heavy atom. The molecule has 0 aromatic heterocycles. The fraction of sp³-hybridized carbons (Fsp3) is 1.00. The molecule has 0 bridgehead atoms. The van der Waals surface area contributed by atoms with Gasteiger partial charge < -0.3 is 11.1 Å². The molecule has 0 aliphatic heterocycles. The molecule has 16 heavy (non-hydrogen) atoms. The molecule has 2 heteroatoms. The predicted molar refractivity (Wildman–Crippen MR) is 69.3 cm³/mol. The first kappa shape index (κ1) is 12.4. The van der Waals surface area contributed by atoms with Gasteiger partial charge in [-0.2, -0.15) is 0 Å². The van der Waals surface area contributed by atoms with Gasteiger partial charge in [-0.25, -0.2) is 0 Å². The summed E-state index contributed by atoms with van der Waals surface area (Å²) in [5.41, 5.74) is 5.56. The minimum atomic E-state index is 0.812. The summed E-state index contributed by atoms with van der Waals surface area (Å²) in [6.07, 6.45) is 9.79. The molecule has 0 heterocycles. The Kier molecular flexibility index (Phi) is 4.66. The zero-order valence-corrected chi connectivity index (χ0v) is 10.8. The summed E-state index contributed by atoms with van der Waals surface area (Å²) in [5.74, 6) is 2.88. The molecule has 2 fully saturated rings. The summed E-state index contributed by atoms with van der Waals surface area (Å²) in [7, 11) is 0. The molecule has 1 atom stereocenters. The smallest absolute Gasteiger partial charge is 0.0124 e. The van der Waals surface area contributed by atoms with E-state index in [2.05, 4.69) is 12.2 Å². The third-order valence-electron chi connectivity index (χ3n) is 4.17. The number of hydrogen-bond donors (Lipinski definition) is 2. The van der Waals surface area contributed by atoms with Crippen molar-refractivity contribution in [3.63, 3.8) is 0 Å². The van der Waals surface area contributed by atoms with Crippen LogP contribution in [0.2, 0.25) is 0 Å². The van der Waals surface area contributed by atoms with Crippen LogP contribution in [0.15, 0.2) is 0 Å². The van der Waals surface area contributed by atoms with Crippen LogP contribution in [0, 0.1) is 17.8 Å². The monoisotopic (exact) mass is 224 g/mol. The lowest BCUT2D eigenvalue weighted by atomic mass is 10.0. The zero-order chi connectivity index (χ0) is 11.4. The van der Waals surface area contributed by atoms with Crippen LogP contribution in [0.25, 0.3) is 0 Å². The maximum absolute atomic E-state index is 5.56. The molecule has 2 aliphatic rings. The number of hydrogen-bond acceptors (Lipinski definition) is 2. The topological polar surface area (TPSA) is 38.0 Å². The molecule has 2 saturated carbocycles. The SMILES string of the molecule is CC(CCN)CCCNC(C1CC1)C1CC1. The molecule has 0 aromatic carbocycles. The first-order chi connectivity index (χ1) is 7.81. The lowest BCUT2D eigenvalue weighted by Crippen LogP contribution is -2.33. The number of nitrogens with two attached hydrogens (primary N) is 1. The summed E-state index contributed by atoms with van der Waals surface area (Å²) in [6, 6.07) is 0.879. The summed E-state index contributed by atoms with van der Waals surface area (Å²) >= 11 is 0. The second-order valence-corrected chi connectivity index (χ2v) is 5.98. The van der Waals surface area contributed by atoms with Gasteiger partial charge in [0.1, 0.15) is 0 Å². The fourth-order valence-corrected chi connectivity index (χ4v) is 2.78. The Morgan fingerprint density at radius 3 is 2.25 bits per heavy atom. The molecule has 0 radical (unpaired) electrons. The zero-order valence-electron chi connectivity index (χ0n) is 10.8. The lowest BCUT2D eigenvalue weighted by molar-refractivity contribution is 0.394. The highest BCUT2D eigenvalue weighted by Crippen LogP contribution is 2.44. The van der Waals surface area contributed by atoms with E-state index in [4.69, 9.17) is 5.73 Å². The minimum Gasteiger partial charge on any atom is -0.330 e. The van der Waals surface area contributed by atoms with E-state index in [1.165, 1.54) is 51.5 Å². The second kappa shape index (κ2) is 6.02. The van der Waals surface area contributed by atoms with Gasteiger partial charge in [0, 0.05) is 6.04 Å². The minimum absolute atomic E-state index is 0.812. The molecular formula is C14H28N2. The van der Waals surface area contributed by atoms with Crippen molar-refractivity contribution in [1.82, 2.24) is 5.32 Å². The molecule has 1 unspecified atom stereocenters. The maximum Gasteiger partial charge on any atom is 0.0124 e. The third kappa shape index (κ3) is 4.06. The van der Waals surface area contributed by atoms with Crippen molar-refractivity contribution in [2.75, 3.05) is 13.1 Å². The van der Waals surface area contributed by atoms with E-state index in [1.54, 1.807) is 0 Å². The van der Waals surface area contributed by atoms with Gasteiger partial charge >= 0.3 is 0 Å². The first-order valence-electron chi connectivity index (χ1n) is 7.24. The highest BCUT2D eigenvalue weighted by atomic mass is 14.9. The molecule has 2 aliphatic carbocycles. The van der Waals surface area contributed by atoms with Crippen molar-refractivity contribution in [3.05, 3.63) is 0 Å². The third-order valence-corrected chi connectivity index (χ3v) is 4.17. The summed E-state index contributed by atoms with van der Waals surface area (Å²) in [4.78, 5) is 0. The van der Waals surface area contributed by atoms with Gasteiger partial charge in [-0.05, 0) is 75.8 Å². The van der Waals surface area contributed by atoms with Gasteiger partial charge in [0.05, 0.1) is 0 Å². The van der Waals surface area contributed by atoms with E-state index in [0.29, 0.717) is 0 Å². The molecule has 0 aromatic rings. The summed E-state index contributed by atoms with van der Waals surface area (Å²) < 4.78 is 0. The maximum atomic E-state index is 5.56. The Morgan fingerprint density at radius 1 is 1.12 bits per heavy atom. The quantitative estimate of drug-likeness (QED) is 0.591. The van der Waals surface area contributed by atoms with Crippen molar-refractivity contribution in [1.29, 1.82) is 0 Å². The highest BCUT2D eigenvalue weighted by Gasteiger charge is 2.40. The molecule has 94 valence electrons. The molecule has 2 nitrogen and oxygen atoms in total. The molecule has 2 rings (SSSR count). The summed E-state index contributed by atoms with van der Waals surface area (Å²) in [6.45, 7) is 4.40.